The second-order valence-electron chi connectivity index (χ2n) is 6.17. The Morgan fingerprint density at radius 3 is 2.78 bits per heavy atom. The number of hydrogen-bond donors (Lipinski definition) is 2. The molecule has 0 aliphatic heterocycles. The number of rotatable bonds is 3. The first-order chi connectivity index (χ1) is 11.0. The predicted octanol–water partition coefficient (Wildman–Crippen LogP) is 2.78. The minimum Gasteiger partial charge on any atom is -0.328 e. The second-order valence-corrected chi connectivity index (χ2v) is 6.17. The maximum Gasteiger partial charge on any atom is 0.228 e. The fourth-order valence-electron chi connectivity index (χ4n) is 3.06. The van der Waals surface area contributed by atoms with Crippen molar-refractivity contribution in [1.82, 2.24) is 9.78 Å². The third-order valence-corrected chi connectivity index (χ3v) is 4.24. The lowest BCUT2D eigenvalue weighted by Gasteiger charge is -2.25. The third kappa shape index (κ3) is 3.59. The Labute approximate surface area is 134 Å². The van der Waals surface area contributed by atoms with Crippen LogP contribution in [-0.4, -0.2) is 21.7 Å². The molecule has 2 atom stereocenters. The van der Waals surface area contributed by atoms with Crippen molar-refractivity contribution in [2.45, 2.75) is 38.6 Å². The third-order valence-electron chi connectivity index (χ3n) is 4.24. The SMILES string of the molecule is Cc1cc(NC(=O)C2CCCC(N)C2)n(-c2ccc(F)cc2)n1. The van der Waals surface area contributed by atoms with E-state index in [1.807, 2.05) is 13.0 Å². The summed E-state index contributed by atoms with van der Waals surface area (Å²) in [5, 5.41) is 7.33. The summed E-state index contributed by atoms with van der Waals surface area (Å²) in [5.74, 6) is 0.205. The van der Waals surface area contributed by atoms with E-state index in [1.165, 1.54) is 12.1 Å². The van der Waals surface area contributed by atoms with Crippen LogP contribution >= 0.6 is 0 Å². The van der Waals surface area contributed by atoms with Crippen LogP contribution in [0.15, 0.2) is 30.3 Å². The number of nitrogens with zero attached hydrogens (tertiary/aromatic N) is 2. The lowest BCUT2D eigenvalue weighted by Crippen LogP contribution is -2.34. The van der Waals surface area contributed by atoms with Crippen molar-refractivity contribution in [1.29, 1.82) is 0 Å². The summed E-state index contributed by atoms with van der Waals surface area (Å²) in [6.45, 7) is 1.85. The van der Waals surface area contributed by atoms with Crippen LogP contribution in [0.2, 0.25) is 0 Å². The van der Waals surface area contributed by atoms with Gasteiger partial charge in [-0.15, -0.1) is 0 Å². The minimum atomic E-state index is -0.306. The summed E-state index contributed by atoms with van der Waals surface area (Å²) in [6, 6.07) is 7.92. The van der Waals surface area contributed by atoms with Crippen LogP contribution in [0.25, 0.3) is 5.69 Å². The normalized spacial score (nSPS) is 21.2. The first-order valence-electron chi connectivity index (χ1n) is 7.92. The van der Waals surface area contributed by atoms with Crippen molar-refractivity contribution in [2.75, 3.05) is 5.32 Å². The van der Waals surface area contributed by atoms with Gasteiger partial charge >= 0.3 is 0 Å². The van der Waals surface area contributed by atoms with Crippen molar-refractivity contribution in [3.8, 4) is 5.69 Å². The minimum absolute atomic E-state index is 0.0246. The molecule has 3 rings (SSSR count). The molecule has 2 unspecified atom stereocenters. The number of nitrogens with two attached hydrogens (primary N) is 1. The van der Waals surface area contributed by atoms with Gasteiger partial charge in [0.2, 0.25) is 5.91 Å². The molecule has 1 amide bonds. The van der Waals surface area contributed by atoms with E-state index in [1.54, 1.807) is 16.8 Å². The molecular weight excluding hydrogens is 295 g/mol. The molecule has 3 N–H and O–H groups in total. The fraction of sp³-hybridized carbons (Fsp3) is 0.412. The molecule has 0 radical (unpaired) electrons. The van der Waals surface area contributed by atoms with E-state index in [0.717, 1.165) is 31.4 Å². The first-order valence-corrected chi connectivity index (χ1v) is 7.92. The summed E-state index contributed by atoms with van der Waals surface area (Å²) >= 11 is 0. The van der Waals surface area contributed by atoms with Gasteiger partial charge in [-0.3, -0.25) is 4.79 Å². The van der Waals surface area contributed by atoms with Gasteiger partial charge in [-0.1, -0.05) is 6.42 Å². The van der Waals surface area contributed by atoms with E-state index in [0.29, 0.717) is 11.5 Å². The van der Waals surface area contributed by atoms with Gasteiger partial charge < -0.3 is 11.1 Å². The molecule has 5 nitrogen and oxygen atoms in total. The Morgan fingerprint density at radius 1 is 1.35 bits per heavy atom. The van der Waals surface area contributed by atoms with E-state index in [9.17, 15) is 9.18 Å². The monoisotopic (exact) mass is 316 g/mol. The maximum atomic E-state index is 13.1. The topological polar surface area (TPSA) is 72.9 Å². The van der Waals surface area contributed by atoms with Crippen LogP contribution in [0.1, 0.15) is 31.4 Å². The van der Waals surface area contributed by atoms with E-state index in [-0.39, 0.29) is 23.7 Å². The molecule has 1 aliphatic rings. The molecule has 0 saturated heterocycles. The van der Waals surface area contributed by atoms with Crippen molar-refractivity contribution in [3.63, 3.8) is 0 Å². The van der Waals surface area contributed by atoms with Crippen LogP contribution in [0.4, 0.5) is 10.2 Å². The Morgan fingerprint density at radius 2 is 2.09 bits per heavy atom. The van der Waals surface area contributed by atoms with Crippen LogP contribution in [0, 0.1) is 18.7 Å². The van der Waals surface area contributed by atoms with Crippen molar-refractivity contribution < 1.29 is 9.18 Å². The molecule has 1 aromatic heterocycles. The van der Waals surface area contributed by atoms with Crippen LogP contribution in [-0.2, 0) is 4.79 Å². The van der Waals surface area contributed by atoms with Gasteiger partial charge in [0.15, 0.2) is 0 Å². The van der Waals surface area contributed by atoms with E-state index in [4.69, 9.17) is 5.73 Å². The van der Waals surface area contributed by atoms with E-state index < -0.39 is 0 Å². The van der Waals surface area contributed by atoms with Gasteiger partial charge in [0, 0.05) is 18.0 Å². The molecule has 1 aliphatic carbocycles. The zero-order valence-corrected chi connectivity index (χ0v) is 13.1. The fourth-order valence-corrected chi connectivity index (χ4v) is 3.06. The number of carbonyl (C=O) groups excluding carboxylic acids is 1. The maximum absolute atomic E-state index is 13.1. The lowest BCUT2D eigenvalue weighted by molar-refractivity contribution is -0.120. The van der Waals surface area contributed by atoms with Crippen molar-refractivity contribution in [2.24, 2.45) is 11.7 Å². The number of anilines is 1. The zero-order valence-electron chi connectivity index (χ0n) is 13.1. The van der Waals surface area contributed by atoms with Gasteiger partial charge in [0.05, 0.1) is 11.4 Å². The molecule has 122 valence electrons. The predicted molar refractivity (Wildman–Crippen MR) is 86.8 cm³/mol. The molecule has 1 fully saturated rings. The largest absolute Gasteiger partial charge is 0.328 e. The van der Waals surface area contributed by atoms with E-state index >= 15 is 0 Å². The number of nitrogens with one attached hydrogen (secondary N) is 1. The van der Waals surface area contributed by atoms with Gasteiger partial charge in [-0.25, -0.2) is 9.07 Å². The number of aryl methyl sites for hydroxylation is 1. The number of hydrogen-bond acceptors (Lipinski definition) is 3. The molecule has 0 bridgehead atoms. The van der Waals surface area contributed by atoms with Gasteiger partial charge in [0.25, 0.3) is 0 Å². The zero-order chi connectivity index (χ0) is 16.4. The molecular formula is C17H21FN4O. The Hall–Kier alpha value is -2.21. The molecule has 1 aromatic carbocycles. The molecule has 0 spiro atoms. The average Bonchev–Trinajstić information content (AvgIpc) is 2.88. The Balaban J connectivity index is 1.80. The summed E-state index contributed by atoms with van der Waals surface area (Å²) in [4.78, 5) is 12.5. The molecule has 23 heavy (non-hydrogen) atoms. The second kappa shape index (κ2) is 6.50. The van der Waals surface area contributed by atoms with E-state index in [2.05, 4.69) is 10.4 Å². The smallest absolute Gasteiger partial charge is 0.228 e. The highest BCUT2D eigenvalue weighted by Gasteiger charge is 2.26. The van der Waals surface area contributed by atoms with Crippen LogP contribution < -0.4 is 11.1 Å². The standard InChI is InChI=1S/C17H21FN4O/c1-11-9-16(20-17(23)12-3-2-4-14(19)10-12)22(21-11)15-7-5-13(18)6-8-15/h5-9,12,14H,2-4,10,19H2,1H3,(H,20,23). The molecule has 1 heterocycles. The Kier molecular flexibility index (Phi) is 4.43. The number of aromatic nitrogens is 2. The summed E-state index contributed by atoms with van der Waals surface area (Å²) in [7, 11) is 0. The van der Waals surface area contributed by atoms with Crippen LogP contribution in [0.5, 0.6) is 0 Å². The Bertz CT molecular complexity index is 695. The number of benzene rings is 1. The first kappa shape index (κ1) is 15.7. The summed E-state index contributed by atoms with van der Waals surface area (Å²) in [6.07, 6.45) is 3.55. The molecule has 1 saturated carbocycles. The highest BCUT2D eigenvalue weighted by molar-refractivity contribution is 5.92. The quantitative estimate of drug-likeness (QED) is 0.914. The van der Waals surface area contributed by atoms with Crippen LogP contribution in [0.3, 0.4) is 0 Å². The number of carbonyl (C=O) groups is 1. The molecule has 2 aromatic rings. The highest BCUT2D eigenvalue weighted by Crippen LogP contribution is 2.25. The molecule has 6 heteroatoms. The summed E-state index contributed by atoms with van der Waals surface area (Å²) < 4.78 is 14.7. The number of halogens is 1. The average molecular weight is 316 g/mol. The van der Waals surface area contributed by atoms with Gasteiger partial charge in [0.1, 0.15) is 11.6 Å². The van der Waals surface area contributed by atoms with Crippen molar-refractivity contribution >= 4 is 11.7 Å². The summed E-state index contributed by atoms with van der Waals surface area (Å²) in [5.41, 5.74) is 7.45. The number of amides is 1. The highest BCUT2D eigenvalue weighted by atomic mass is 19.1. The van der Waals surface area contributed by atoms with Gasteiger partial charge in [-0.2, -0.15) is 5.10 Å². The van der Waals surface area contributed by atoms with Gasteiger partial charge in [-0.05, 0) is 50.5 Å². The van der Waals surface area contributed by atoms with Crippen molar-refractivity contribution in [3.05, 3.63) is 41.8 Å². The lowest BCUT2D eigenvalue weighted by atomic mass is 9.85.